The summed E-state index contributed by atoms with van der Waals surface area (Å²) in [5, 5.41) is 4.15. The summed E-state index contributed by atoms with van der Waals surface area (Å²) in [6.45, 7) is 3.65. The first-order valence-electron chi connectivity index (χ1n) is 13.0. The summed E-state index contributed by atoms with van der Waals surface area (Å²) in [5.74, 6) is 0.901. The second-order valence-corrected chi connectivity index (χ2v) is 10.6. The fraction of sp³-hybridized carbons (Fsp3) is 0.125. The van der Waals surface area contributed by atoms with E-state index >= 15 is 0 Å². The summed E-state index contributed by atoms with van der Waals surface area (Å²) in [6.07, 6.45) is -0.717. The predicted molar refractivity (Wildman–Crippen MR) is 160 cm³/mol. The van der Waals surface area contributed by atoms with Gasteiger partial charge in [0.2, 0.25) is 5.69 Å². The lowest BCUT2D eigenvalue weighted by Crippen LogP contribution is -2.36. The van der Waals surface area contributed by atoms with E-state index in [1.165, 1.54) is 0 Å². The molecule has 6 rings (SSSR count). The molecule has 0 bridgehead atoms. The first-order chi connectivity index (χ1) is 20.2. The number of hydrogen-bond acceptors (Lipinski definition) is 7. The Hall–Kier alpha value is -4.96. The fourth-order valence-corrected chi connectivity index (χ4v) is 5.67. The lowest BCUT2D eigenvalue weighted by Gasteiger charge is -2.16. The van der Waals surface area contributed by atoms with Crippen LogP contribution in [0.5, 0.6) is 17.2 Å². The lowest BCUT2D eigenvalue weighted by atomic mass is 10.1. The number of carbonyl (C=O) groups excluding carboxylic acids is 1. The standard InChI is InChI=1S/C32H24BrN3O6/c1-17-14-19(15-18(2)28(17)41-20-12-13-26(40-3)25(33)16-20)36-32(39)34-30(37)27(35-36)31(38)42-29-23-10-6-4-8-21(23)22-9-5-7-11-24(22)29/h4-16,29H,1-3H3,(H,34,37,39). The second kappa shape index (κ2) is 10.8. The average Bonchev–Trinajstić information content (AvgIpc) is 3.28. The maximum Gasteiger partial charge on any atom is 0.365 e. The Labute approximate surface area is 248 Å². The van der Waals surface area contributed by atoms with E-state index < -0.39 is 29.0 Å². The van der Waals surface area contributed by atoms with Crippen LogP contribution < -0.4 is 20.7 Å². The number of ether oxygens (including phenoxy) is 3. The van der Waals surface area contributed by atoms with Gasteiger partial charge in [0.15, 0.2) is 6.10 Å². The Bertz CT molecular complexity index is 1930. The van der Waals surface area contributed by atoms with Crippen LogP contribution in [-0.4, -0.2) is 27.8 Å². The van der Waals surface area contributed by atoms with Crippen LogP contribution in [0.4, 0.5) is 0 Å². The van der Waals surface area contributed by atoms with Gasteiger partial charge in [-0.3, -0.25) is 9.78 Å². The summed E-state index contributed by atoms with van der Waals surface area (Å²) >= 11 is 3.46. The number of benzene rings is 4. The molecule has 0 saturated carbocycles. The van der Waals surface area contributed by atoms with Gasteiger partial charge >= 0.3 is 11.7 Å². The molecule has 0 fully saturated rings. The number of hydrogen-bond donors (Lipinski definition) is 1. The van der Waals surface area contributed by atoms with Gasteiger partial charge in [0, 0.05) is 11.1 Å². The summed E-state index contributed by atoms with van der Waals surface area (Å²) in [6, 6.07) is 24.0. The molecule has 5 aromatic rings. The molecule has 1 N–H and O–H groups in total. The molecule has 4 aromatic carbocycles. The van der Waals surface area contributed by atoms with Crippen LogP contribution >= 0.6 is 15.9 Å². The zero-order valence-corrected chi connectivity index (χ0v) is 24.4. The molecule has 0 amide bonds. The van der Waals surface area contributed by atoms with Crippen LogP contribution in [0.25, 0.3) is 16.8 Å². The monoisotopic (exact) mass is 625 g/mol. The third kappa shape index (κ3) is 4.79. The van der Waals surface area contributed by atoms with Crippen LogP contribution in [0.3, 0.4) is 0 Å². The van der Waals surface area contributed by atoms with Gasteiger partial charge in [-0.2, -0.15) is 9.78 Å². The van der Waals surface area contributed by atoms with Crippen molar-refractivity contribution < 1.29 is 19.0 Å². The molecule has 0 atom stereocenters. The highest BCUT2D eigenvalue weighted by Gasteiger charge is 2.32. The number of nitrogens with one attached hydrogen (secondary N) is 1. The van der Waals surface area contributed by atoms with E-state index in [2.05, 4.69) is 26.0 Å². The molecule has 0 saturated heterocycles. The Morgan fingerprint density at radius 2 is 1.52 bits per heavy atom. The van der Waals surface area contributed by atoms with E-state index in [0.29, 0.717) is 34.1 Å². The van der Waals surface area contributed by atoms with Crippen molar-refractivity contribution in [3.63, 3.8) is 0 Å². The highest BCUT2D eigenvalue weighted by Crippen LogP contribution is 2.45. The number of H-pyrrole nitrogens is 1. The first kappa shape index (κ1) is 27.2. The number of esters is 1. The molecule has 42 heavy (non-hydrogen) atoms. The molecule has 1 heterocycles. The average molecular weight is 626 g/mol. The molecule has 0 aliphatic heterocycles. The highest BCUT2D eigenvalue weighted by molar-refractivity contribution is 9.10. The molecular formula is C32H24BrN3O6. The van der Waals surface area contributed by atoms with Gasteiger partial charge in [0.1, 0.15) is 17.2 Å². The van der Waals surface area contributed by atoms with Crippen LogP contribution in [0, 0.1) is 13.8 Å². The van der Waals surface area contributed by atoms with E-state index in [1.54, 1.807) is 37.4 Å². The summed E-state index contributed by atoms with van der Waals surface area (Å²) in [5.41, 5.74) is 3.03. The summed E-state index contributed by atoms with van der Waals surface area (Å²) in [4.78, 5) is 41.1. The van der Waals surface area contributed by atoms with Gasteiger partial charge in [-0.15, -0.1) is 0 Å². The van der Waals surface area contributed by atoms with Crippen LogP contribution in [-0.2, 0) is 4.74 Å². The molecule has 9 nitrogen and oxygen atoms in total. The number of halogens is 1. The van der Waals surface area contributed by atoms with Crippen molar-refractivity contribution >= 4 is 21.9 Å². The van der Waals surface area contributed by atoms with Crippen LogP contribution in [0.1, 0.15) is 38.8 Å². The van der Waals surface area contributed by atoms with E-state index in [9.17, 15) is 14.4 Å². The number of carbonyl (C=O) groups is 1. The van der Waals surface area contributed by atoms with Gasteiger partial charge < -0.3 is 14.2 Å². The van der Waals surface area contributed by atoms with Crippen molar-refractivity contribution in [3.8, 4) is 34.1 Å². The van der Waals surface area contributed by atoms with Crippen molar-refractivity contribution in [2.24, 2.45) is 0 Å². The van der Waals surface area contributed by atoms with Crippen molar-refractivity contribution in [1.29, 1.82) is 0 Å². The van der Waals surface area contributed by atoms with Gasteiger partial charge in [0.05, 0.1) is 17.3 Å². The van der Waals surface area contributed by atoms with Gasteiger partial charge in [-0.05, 0) is 82.4 Å². The Morgan fingerprint density at radius 3 is 2.12 bits per heavy atom. The van der Waals surface area contributed by atoms with E-state index in [4.69, 9.17) is 14.2 Å². The minimum atomic E-state index is -0.944. The zero-order chi connectivity index (χ0) is 29.5. The normalized spacial score (nSPS) is 12.0. The van der Waals surface area contributed by atoms with Crippen LogP contribution in [0.15, 0.2) is 92.9 Å². The topological polar surface area (TPSA) is 113 Å². The maximum atomic E-state index is 13.3. The number of rotatable bonds is 6. The Kier molecular flexibility index (Phi) is 6.99. The molecular weight excluding hydrogens is 602 g/mol. The van der Waals surface area contributed by atoms with Crippen molar-refractivity contribution in [2.75, 3.05) is 7.11 Å². The second-order valence-electron chi connectivity index (χ2n) is 9.79. The molecule has 1 aliphatic rings. The summed E-state index contributed by atoms with van der Waals surface area (Å²) in [7, 11) is 1.58. The lowest BCUT2D eigenvalue weighted by molar-refractivity contribution is 0.0373. The molecule has 0 unspecified atom stereocenters. The van der Waals surface area contributed by atoms with Gasteiger partial charge in [0.25, 0.3) is 5.56 Å². The SMILES string of the molecule is COc1ccc(Oc2c(C)cc(-n3nc(C(=O)OC4c5ccccc5-c5ccccc54)c(=O)[nH]c3=O)cc2C)cc1Br. The quantitative estimate of drug-likeness (QED) is 0.229. The van der Waals surface area contributed by atoms with Crippen molar-refractivity contribution in [1.82, 2.24) is 14.8 Å². The van der Waals surface area contributed by atoms with E-state index in [-0.39, 0.29) is 0 Å². The zero-order valence-electron chi connectivity index (χ0n) is 22.8. The summed E-state index contributed by atoms with van der Waals surface area (Å²) < 4.78 is 19.0. The van der Waals surface area contributed by atoms with Crippen LogP contribution in [0.2, 0.25) is 0 Å². The molecule has 10 heteroatoms. The predicted octanol–water partition coefficient (Wildman–Crippen LogP) is 6.03. The Balaban J connectivity index is 1.32. The fourth-order valence-electron chi connectivity index (χ4n) is 5.15. The van der Waals surface area contributed by atoms with E-state index in [1.807, 2.05) is 62.4 Å². The highest BCUT2D eigenvalue weighted by atomic mass is 79.9. The number of aromatic nitrogens is 3. The third-order valence-corrected chi connectivity index (χ3v) is 7.68. The largest absolute Gasteiger partial charge is 0.496 e. The van der Waals surface area contributed by atoms with Gasteiger partial charge in [-0.25, -0.2) is 9.59 Å². The third-order valence-electron chi connectivity index (χ3n) is 7.06. The molecule has 0 radical (unpaired) electrons. The van der Waals surface area contributed by atoms with Crippen molar-refractivity contribution in [2.45, 2.75) is 20.0 Å². The Morgan fingerprint density at radius 1 is 0.905 bits per heavy atom. The molecule has 0 spiro atoms. The minimum Gasteiger partial charge on any atom is -0.496 e. The van der Waals surface area contributed by atoms with Gasteiger partial charge in [-0.1, -0.05) is 48.5 Å². The number of methoxy groups -OCH3 is 1. The smallest absolute Gasteiger partial charge is 0.365 e. The number of aryl methyl sites for hydroxylation is 2. The number of nitrogens with zero attached hydrogens (tertiary/aromatic N) is 2. The minimum absolute atomic E-state index is 0.347. The number of aromatic amines is 1. The first-order valence-corrected chi connectivity index (χ1v) is 13.8. The maximum absolute atomic E-state index is 13.3. The molecule has 1 aromatic heterocycles. The number of fused-ring (bicyclic) bond motifs is 3. The van der Waals surface area contributed by atoms with Crippen molar-refractivity contribution in [3.05, 3.63) is 132 Å². The molecule has 210 valence electrons. The van der Waals surface area contributed by atoms with E-state index in [0.717, 1.165) is 31.4 Å². The molecule has 1 aliphatic carbocycles.